The standard InChI is InChI=1S/C19H27F2NO3/c1-13(23)5-6-15-14(2)16(7-8-18(15,3)4)19(20,21)17(24)22-9-11-25-12-10-22/h5-6,15-16H,2,7-12H2,1,3-4H3/b6-5+. The molecule has 0 spiro atoms. The summed E-state index contributed by atoms with van der Waals surface area (Å²) in [4.78, 5) is 24.8. The van der Waals surface area contributed by atoms with Crippen molar-refractivity contribution in [2.24, 2.45) is 17.3 Å². The van der Waals surface area contributed by atoms with Crippen molar-refractivity contribution in [2.45, 2.75) is 39.5 Å². The highest BCUT2D eigenvalue weighted by molar-refractivity contribution is 5.87. The predicted octanol–water partition coefficient (Wildman–Crippen LogP) is 3.23. The van der Waals surface area contributed by atoms with Gasteiger partial charge in [0.25, 0.3) is 5.91 Å². The van der Waals surface area contributed by atoms with E-state index in [1.54, 1.807) is 6.08 Å². The highest BCUT2D eigenvalue weighted by Gasteiger charge is 2.54. The van der Waals surface area contributed by atoms with Crippen LogP contribution in [0.1, 0.15) is 33.6 Å². The summed E-state index contributed by atoms with van der Waals surface area (Å²) in [5, 5.41) is 0. The summed E-state index contributed by atoms with van der Waals surface area (Å²) in [5.41, 5.74) is 0.0535. The third-order valence-electron chi connectivity index (χ3n) is 5.31. The number of carbonyl (C=O) groups is 2. The van der Waals surface area contributed by atoms with Gasteiger partial charge in [-0.15, -0.1) is 0 Å². The lowest BCUT2D eigenvalue weighted by molar-refractivity contribution is -0.170. The number of amides is 1. The van der Waals surface area contributed by atoms with Gasteiger partial charge in [-0.1, -0.05) is 32.1 Å². The van der Waals surface area contributed by atoms with Gasteiger partial charge < -0.3 is 9.64 Å². The SMILES string of the molecule is C=C1C(/C=C/C(C)=O)C(C)(C)CCC1C(F)(F)C(=O)N1CCOCC1. The van der Waals surface area contributed by atoms with Crippen LogP contribution in [-0.4, -0.2) is 48.8 Å². The number of nitrogens with zero attached hydrogens (tertiary/aromatic N) is 1. The Morgan fingerprint density at radius 3 is 2.48 bits per heavy atom. The molecule has 1 amide bonds. The molecule has 0 radical (unpaired) electrons. The molecule has 2 rings (SSSR count). The van der Waals surface area contributed by atoms with Crippen LogP contribution in [0.15, 0.2) is 24.3 Å². The van der Waals surface area contributed by atoms with E-state index in [4.69, 9.17) is 4.74 Å². The zero-order chi connectivity index (χ0) is 18.8. The molecule has 2 atom stereocenters. The Labute approximate surface area is 147 Å². The van der Waals surface area contributed by atoms with Gasteiger partial charge in [0.05, 0.1) is 19.1 Å². The summed E-state index contributed by atoms with van der Waals surface area (Å²) in [6, 6.07) is 0. The first kappa shape index (κ1) is 19.8. The van der Waals surface area contributed by atoms with Crippen molar-refractivity contribution in [1.29, 1.82) is 0 Å². The van der Waals surface area contributed by atoms with Crippen LogP contribution in [0.25, 0.3) is 0 Å². The fourth-order valence-corrected chi connectivity index (χ4v) is 3.73. The molecule has 0 bridgehead atoms. The maximum absolute atomic E-state index is 15.0. The topological polar surface area (TPSA) is 46.6 Å². The second-order valence-electron chi connectivity index (χ2n) is 7.63. The van der Waals surface area contributed by atoms with Crippen molar-refractivity contribution in [3.63, 3.8) is 0 Å². The van der Waals surface area contributed by atoms with Crippen LogP contribution < -0.4 is 0 Å². The molecule has 2 aliphatic rings. The van der Waals surface area contributed by atoms with Gasteiger partial charge in [-0.25, -0.2) is 0 Å². The summed E-state index contributed by atoms with van der Waals surface area (Å²) >= 11 is 0. The summed E-state index contributed by atoms with van der Waals surface area (Å²) in [7, 11) is 0. The molecular formula is C19H27F2NO3. The van der Waals surface area contributed by atoms with E-state index in [-0.39, 0.29) is 49.8 Å². The first-order chi connectivity index (χ1) is 11.6. The van der Waals surface area contributed by atoms with Gasteiger partial charge in [0.1, 0.15) is 0 Å². The van der Waals surface area contributed by atoms with Crippen LogP contribution in [0.2, 0.25) is 0 Å². The Bertz CT molecular complexity index is 577. The Morgan fingerprint density at radius 1 is 1.32 bits per heavy atom. The predicted molar refractivity (Wildman–Crippen MR) is 91.3 cm³/mol. The number of halogens is 2. The zero-order valence-electron chi connectivity index (χ0n) is 15.2. The lowest BCUT2D eigenvalue weighted by Gasteiger charge is -2.45. The molecule has 1 saturated carbocycles. The third-order valence-corrected chi connectivity index (χ3v) is 5.31. The first-order valence-corrected chi connectivity index (χ1v) is 8.70. The molecule has 0 N–H and O–H groups in total. The molecule has 0 aromatic heterocycles. The number of morpholine rings is 1. The average molecular weight is 355 g/mol. The van der Waals surface area contributed by atoms with Gasteiger partial charge in [-0.3, -0.25) is 9.59 Å². The molecule has 4 nitrogen and oxygen atoms in total. The van der Waals surface area contributed by atoms with E-state index >= 15 is 0 Å². The second-order valence-corrected chi connectivity index (χ2v) is 7.63. The molecular weight excluding hydrogens is 328 g/mol. The second kappa shape index (κ2) is 7.36. The van der Waals surface area contributed by atoms with E-state index in [0.717, 1.165) is 0 Å². The van der Waals surface area contributed by atoms with Gasteiger partial charge in [0.15, 0.2) is 5.78 Å². The number of alkyl halides is 2. The summed E-state index contributed by atoms with van der Waals surface area (Å²) < 4.78 is 35.1. The van der Waals surface area contributed by atoms with Gasteiger partial charge >= 0.3 is 5.92 Å². The number of carbonyl (C=O) groups excluding carboxylic acids is 2. The van der Waals surface area contributed by atoms with Crippen LogP contribution >= 0.6 is 0 Å². The molecule has 0 aromatic carbocycles. The fraction of sp³-hybridized carbons (Fsp3) is 0.684. The minimum atomic E-state index is -3.49. The smallest absolute Gasteiger partial charge is 0.331 e. The van der Waals surface area contributed by atoms with E-state index in [2.05, 4.69) is 6.58 Å². The number of ketones is 1. The van der Waals surface area contributed by atoms with E-state index < -0.39 is 17.7 Å². The molecule has 25 heavy (non-hydrogen) atoms. The monoisotopic (exact) mass is 355 g/mol. The van der Waals surface area contributed by atoms with E-state index in [1.807, 2.05) is 13.8 Å². The quantitative estimate of drug-likeness (QED) is 0.575. The Balaban J connectivity index is 2.23. The van der Waals surface area contributed by atoms with Crippen LogP contribution in [0.3, 0.4) is 0 Å². The molecule has 2 fully saturated rings. The number of hydrogen-bond acceptors (Lipinski definition) is 3. The van der Waals surface area contributed by atoms with Crippen molar-refractivity contribution < 1.29 is 23.1 Å². The summed E-state index contributed by atoms with van der Waals surface area (Å²) in [5.74, 6) is -6.35. The van der Waals surface area contributed by atoms with Gasteiger partial charge in [0, 0.05) is 19.0 Å². The number of rotatable bonds is 4. The van der Waals surface area contributed by atoms with Gasteiger partial charge in [0.2, 0.25) is 0 Å². The fourth-order valence-electron chi connectivity index (χ4n) is 3.73. The Hall–Kier alpha value is -1.56. The normalized spacial score (nSPS) is 27.6. The number of allylic oxidation sites excluding steroid dienone is 3. The van der Waals surface area contributed by atoms with Crippen molar-refractivity contribution in [3.8, 4) is 0 Å². The summed E-state index contributed by atoms with van der Waals surface area (Å²) in [6.07, 6.45) is 3.81. The largest absolute Gasteiger partial charge is 0.378 e. The highest BCUT2D eigenvalue weighted by atomic mass is 19.3. The molecule has 0 aromatic rings. The van der Waals surface area contributed by atoms with E-state index in [0.29, 0.717) is 12.0 Å². The molecule has 1 saturated heterocycles. The van der Waals surface area contributed by atoms with Crippen molar-refractivity contribution in [3.05, 3.63) is 24.3 Å². The highest BCUT2D eigenvalue weighted by Crippen LogP contribution is 2.51. The number of hydrogen-bond donors (Lipinski definition) is 0. The number of ether oxygens (including phenoxy) is 1. The molecule has 1 heterocycles. The zero-order valence-corrected chi connectivity index (χ0v) is 15.2. The Morgan fingerprint density at radius 2 is 1.92 bits per heavy atom. The maximum Gasteiger partial charge on any atom is 0.331 e. The van der Waals surface area contributed by atoms with Crippen LogP contribution in [0.4, 0.5) is 8.78 Å². The molecule has 140 valence electrons. The van der Waals surface area contributed by atoms with E-state index in [1.165, 1.54) is 17.9 Å². The first-order valence-electron chi connectivity index (χ1n) is 8.70. The minimum Gasteiger partial charge on any atom is -0.378 e. The minimum absolute atomic E-state index is 0.137. The lowest BCUT2D eigenvalue weighted by Crippen LogP contribution is -2.53. The molecule has 1 aliphatic heterocycles. The van der Waals surface area contributed by atoms with Crippen LogP contribution in [-0.2, 0) is 14.3 Å². The molecule has 6 heteroatoms. The maximum atomic E-state index is 15.0. The molecule has 2 unspecified atom stereocenters. The van der Waals surface area contributed by atoms with Crippen LogP contribution in [0, 0.1) is 17.3 Å². The summed E-state index contributed by atoms with van der Waals surface area (Å²) in [6.45, 7) is 10.2. The third kappa shape index (κ3) is 4.17. The van der Waals surface area contributed by atoms with Gasteiger partial charge in [-0.2, -0.15) is 8.78 Å². The lowest BCUT2D eigenvalue weighted by atomic mass is 9.61. The van der Waals surface area contributed by atoms with Crippen molar-refractivity contribution >= 4 is 11.7 Å². The Kier molecular flexibility index (Phi) is 5.82. The van der Waals surface area contributed by atoms with Crippen LogP contribution in [0.5, 0.6) is 0 Å². The van der Waals surface area contributed by atoms with Crippen molar-refractivity contribution in [2.75, 3.05) is 26.3 Å². The van der Waals surface area contributed by atoms with E-state index in [9.17, 15) is 18.4 Å². The van der Waals surface area contributed by atoms with Crippen molar-refractivity contribution in [1.82, 2.24) is 4.90 Å². The van der Waals surface area contributed by atoms with Gasteiger partial charge in [-0.05, 0) is 31.3 Å². The average Bonchev–Trinajstić information content (AvgIpc) is 2.53. The molecule has 1 aliphatic carbocycles.